The maximum absolute atomic E-state index is 10.9. The third-order valence-electron chi connectivity index (χ3n) is 2.67. The minimum atomic E-state index is -0.910. The van der Waals surface area contributed by atoms with Crippen molar-refractivity contribution in [3.05, 3.63) is 28.8 Å². The van der Waals surface area contributed by atoms with Crippen molar-refractivity contribution in [3.63, 3.8) is 0 Å². The predicted molar refractivity (Wildman–Crippen MR) is 73.2 cm³/mol. The van der Waals surface area contributed by atoms with E-state index in [9.17, 15) is 4.79 Å². The number of aromatic carboxylic acids is 1. The van der Waals surface area contributed by atoms with Gasteiger partial charge in [-0.1, -0.05) is 0 Å². The van der Waals surface area contributed by atoms with E-state index in [0.717, 1.165) is 35.9 Å². The average molecular weight is 270 g/mol. The van der Waals surface area contributed by atoms with Crippen LogP contribution in [0.15, 0.2) is 17.1 Å². The molecule has 0 amide bonds. The van der Waals surface area contributed by atoms with Crippen molar-refractivity contribution in [2.75, 3.05) is 13.1 Å². The highest BCUT2D eigenvalue weighted by molar-refractivity contribution is 5.90. The van der Waals surface area contributed by atoms with Crippen molar-refractivity contribution in [3.8, 4) is 0 Å². The van der Waals surface area contributed by atoms with Crippen molar-refractivity contribution in [2.45, 2.75) is 13.8 Å². The fourth-order valence-electron chi connectivity index (χ4n) is 1.87. The lowest BCUT2D eigenvalue weighted by Gasteiger charge is -2.08. The average Bonchev–Trinajstić information content (AvgIpc) is 2.75. The summed E-state index contributed by atoms with van der Waals surface area (Å²) in [6.07, 6.45) is 0. The molecule has 6 heteroatoms. The molecule has 3 N–H and O–H groups in total. The first-order valence-electron chi connectivity index (χ1n) is 5.49. The van der Waals surface area contributed by atoms with Crippen molar-refractivity contribution in [2.24, 2.45) is 4.99 Å². The second-order valence-electron chi connectivity index (χ2n) is 4.08. The SMILES string of the molecule is Cc1cc(C(=O)O)cc(C)c1N=C1NCCN1.Cl. The molecule has 0 unspecified atom stereocenters. The minimum absolute atomic E-state index is 0. The van der Waals surface area contributed by atoms with Gasteiger partial charge in [0.15, 0.2) is 5.96 Å². The van der Waals surface area contributed by atoms with Crippen LogP contribution in [0.4, 0.5) is 5.69 Å². The molecule has 0 spiro atoms. The Labute approximate surface area is 112 Å². The lowest BCUT2D eigenvalue weighted by Crippen LogP contribution is -2.23. The first-order valence-corrected chi connectivity index (χ1v) is 5.49. The molecule has 1 saturated heterocycles. The fraction of sp³-hybridized carbons (Fsp3) is 0.333. The number of hydrogen-bond acceptors (Lipinski definition) is 2. The molecule has 0 bridgehead atoms. The van der Waals surface area contributed by atoms with Crippen LogP contribution in [-0.2, 0) is 0 Å². The number of guanidine groups is 1. The maximum Gasteiger partial charge on any atom is 0.335 e. The Morgan fingerprint density at radius 1 is 1.22 bits per heavy atom. The number of rotatable bonds is 2. The zero-order chi connectivity index (χ0) is 12.4. The van der Waals surface area contributed by atoms with Crippen LogP contribution in [-0.4, -0.2) is 30.1 Å². The first-order chi connectivity index (χ1) is 8.08. The molecule has 0 atom stereocenters. The third kappa shape index (κ3) is 2.92. The van der Waals surface area contributed by atoms with E-state index in [-0.39, 0.29) is 12.4 Å². The van der Waals surface area contributed by atoms with Crippen molar-refractivity contribution in [1.82, 2.24) is 10.6 Å². The molecule has 5 nitrogen and oxygen atoms in total. The van der Waals surface area contributed by atoms with Gasteiger partial charge in [0.25, 0.3) is 0 Å². The van der Waals surface area contributed by atoms with Crippen LogP contribution in [0.1, 0.15) is 21.5 Å². The van der Waals surface area contributed by atoms with Gasteiger partial charge >= 0.3 is 5.97 Å². The number of nitrogens with zero attached hydrogens (tertiary/aromatic N) is 1. The van der Waals surface area contributed by atoms with Gasteiger partial charge < -0.3 is 15.7 Å². The number of hydrogen-bond donors (Lipinski definition) is 3. The Morgan fingerprint density at radius 3 is 2.17 bits per heavy atom. The summed E-state index contributed by atoms with van der Waals surface area (Å²) in [6, 6.07) is 3.29. The molecule has 1 aromatic carbocycles. The van der Waals surface area contributed by atoms with Gasteiger partial charge in [0.2, 0.25) is 0 Å². The lowest BCUT2D eigenvalue weighted by molar-refractivity contribution is 0.0696. The molecule has 18 heavy (non-hydrogen) atoms. The highest BCUT2D eigenvalue weighted by Gasteiger charge is 2.11. The first kappa shape index (κ1) is 14.3. The molecule has 1 heterocycles. The fourth-order valence-corrected chi connectivity index (χ4v) is 1.87. The van der Waals surface area contributed by atoms with E-state index in [1.165, 1.54) is 0 Å². The smallest absolute Gasteiger partial charge is 0.335 e. The largest absolute Gasteiger partial charge is 0.478 e. The van der Waals surface area contributed by atoms with E-state index >= 15 is 0 Å². The summed E-state index contributed by atoms with van der Waals surface area (Å²) in [7, 11) is 0. The van der Waals surface area contributed by atoms with Gasteiger partial charge in [-0.3, -0.25) is 0 Å². The molecule has 0 radical (unpaired) electrons. The molecule has 98 valence electrons. The highest BCUT2D eigenvalue weighted by Crippen LogP contribution is 2.25. The molecule has 1 aliphatic rings. The summed E-state index contributed by atoms with van der Waals surface area (Å²) >= 11 is 0. The van der Waals surface area contributed by atoms with Crippen LogP contribution in [0.5, 0.6) is 0 Å². The zero-order valence-corrected chi connectivity index (χ0v) is 11.1. The Morgan fingerprint density at radius 2 is 1.72 bits per heavy atom. The van der Waals surface area contributed by atoms with Gasteiger partial charge in [-0.2, -0.15) is 0 Å². The number of carboxylic acid groups (broad SMARTS) is 1. The Bertz CT molecular complexity index is 469. The third-order valence-corrected chi connectivity index (χ3v) is 2.67. The second-order valence-corrected chi connectivity index (χ2v) is 4.08. The molecule has 1 aliphatic heterocycles. The number of aliphatic imine (C=N–C) groups is 1. The predicted octanol–water partition coefficient (Wildman–Crippen LogP) is 1.60. The topological polar surface area (TPSA) is 73.7 Å². The molecule has 1 fully saturated rings. The molecule has 1 aromatic rings. The summed E-state index contributed by atoms with van der Waals surface area (Å²) in [5.74, 6) is -0.160. The van der Waals surface area contributed by atoms with E-state index in [1.807, 2.05) is 13.8 Å². The number of carboxylic acids is 1. The van der Waals surface area contributed by atoms with Crippen LogP contribution < -0.4 is 10.6 Å². The van der Waals surface area contributed by atoms with Crippen molar-refractivity contribution in [1.29, 1.82) is 0 Å². The summed E-state index contributed by atoms with van der Waals surface area (Å²) in [6.45, 7) is 5.47. The number of benzene rings is 1. The number of nitrogens with one attached hydrogen (secondary N) is 2. The zero-order valence-electron chi connectivity index (χ0n) is 10.3. The quantitative estimate of drug-likeness (QED) is 0.763. The van der Waals surface area contributed by atoms with Gasteiger partial charge in [0.05, 0.1) is 11.3 Å². The molecule has 0 saturated carbocycles. The van der Waals surface area contributed by atoms with Gasteiger partial charge in [-0.15, -0.1) is 12.4 Å². The molecular weight excluding hydrogens is 254 g/mol. The van der Waals surface area contributed by atoms with Gasteiger partial charge in [-0.25, -0.2) is 9.79 Å². The summed E-state index contributed by atoms with van der Waals surface area (Å²) < 4.78 is 0. The van der Waals surface area contributed by atoms with Gasteiger partial charge in [0.1, 0.15) is 0 Å². The molecule has 0 aromatic heterocycles. The number of carbonyl (C=O) groups is 1. The van der Waals surface area contributed by atoms with E-state index in [2.05, 4.69) is 15.6 Å². The van der Waals surface area contributed by atoms with E-state index < -0.39 is 5.97 Å². The van der Waals surface area contributed by atoms with Gasteiger partial charge in [0, 0.05) is 13.1 Å². The molecular formula is C12H16ClN3O2. The highest BCUT2D eigenvalue weighted by atomic mass is 35.5. The number of aryl methyl sites for hydroxylation is 2. The Balaban J connectivity index is 0.00000162. The molecule has 2 rings (SSSR count). The standard InChI is InChI=1S/C12H15N3O2.ClH/c1-7-5-9(11(16)17)6-8(2)10(7)15-12-13-3-4-14-12;/h5-6H,3-4H2,1-2H3,(H,16,17)(H2,13,14,15);1H. The Hall–Kier alpha value is -1.75. The van der Waals surface area contributed by atoms with E-state index in [0.29, 0.717) is 5.56 Å². The van der Waals surface area contributed by atoms with Crippen LogP contribution in [0, 0.1) is 13.8 Å². The Kier molecular flexibility index (Phi) is 4.55. The van der Waals surface area contributed by atoms with Crippen molar-refractivity contribution < 1.29 is 9.90 Å². The van der Waals surface area contributed by atoms with Gasteiger partial charge in [-0.05, 0) is 37.1 Å². The lowest BCUT2D eigenvalue weighted by atomic mass is 10.0. The maximum atomic E-state index is 10.9. The normalized spacial score (nSPS) is 13.3. The van der Waals surface area contributed by atoms with Crippen LogP contribution in [0.3, 0.4) is 0 Å². The summed E-state index contributed by atoms with van der Waals surface area (Å²) in [4.78, 5) is 15.4. The second kappa shape index (κ2) is 5.73. The van der Waals surface area contributed by atoms with E-state index in [4.69, 9.17) is 5.11 Å². The molecule has 0 aliphatic carbocycles. The summed E-state index contributed by atoms with van der Waals surface area (Å²) in [5.41, 5.74) is 2.86. The number of halogens is 1. The van der Waals surface area contributed by atoms with Crippen LogP contribution in [0.25, 0.3) is 0 Å². The minimum Gasteiger partial charge on any atom is -0.478 e. The van der Waals surface area contributed by atoms with Crippen LogP contribution >= 0.6 is 12.4 Å². The van der Waals surface area contributed by atoms with E-state index in [1.54, 1.807) is 12.1 Å². The van der Waals surface area contributed by atoms with Crippen LogP contribution in [0.2, 0.25) is 0 Å². The van der Waals surface area contributed by atoms with Crippen molar-refractivity contribution >= 4 is 30.0 Å². The summed E-state index contributed by atoms with van der Waals surface area (Å²) in [5, 5.41) is 15.2. The monoisotopic (exact) mass is 269 g/mol.